The molecule has 110 valence electrons. The molecule has 0 aliphatic heterocycles. The highest BCUT2D eigenvalue weighted by atomic mass is 32.1. The summed E-state index contributed by atoms with van der Waals surface area (Å²) in [5.41, 5.74) is 5.50. The number of ether oxygens (including phenoxy) is 3. The highest BCUT2D eigenvalue weighted by molar-refractivity contribution is 7.80. The van der Waals surface area contributed by atoms with Crippen LogP contribution in [0, 0.1) is 5.41 Å². The number of carbonyl (C=O) groups excluding carboxylic acids is 1. The van der Waals surface area contributed by atoms with Crippen LogP contribution in [0.1, 0.15) is 19.4 Å². The van der Waals surface area contributed by atoms with Crippen LogP contribution in [0.25, 0.3) is 0 Å². The molecule has 0 bridgehead atoms. The highest BCUT2D eigenvalue weighted by Crippen LogP contribution is 2.30. The van der Waals surface area contributed by atoms with Gasteiger partial charge in [-0.15, -0.1) is 0 Å². The minimum atomic E-state index is -0.748. The predicted molar refractivity (Wildman–Crippen MR) is 80.2 cm³/mol. The minimum absolute atomic E-state index is 0.169. The third kappa shape index (κ3) is 3.84. The maximum Gasteiger partial charge on any atom is 0.314 e. The van der Waals surface area contributed by atoms with Crippen molar-refractivity contribution in [1.82, 2.24) is 0 Å². The summed E-state index contributed by atoms with van der Waals surface area (Å²) in [4.78, 5) is 11.9. The molecule has 0 aliphatic rings. The molecule has 1 rings (SSSR count). The Morgan fingerprint density at radius 2 is 1.95 bits per heavy atom. The first-order valence-electron chi connectivity index (χ1n) is 6.01. The van der Waals surface area contributed by atoms with E-state index in [2.05, 4.69) is 0 Å². The lowest BCUT2D eigenvalue weighted by atomic mass is 9.95. The number of carbonyl (C=O) groups is 1. The Bertz CT molecular complexity index is 514. The molecule has 0 fully saturated rings. The maximum atomic E-state index is 11.6. The van der Waals surface area contributed by atoms with Gasteiger partial charge in [-0.3, -0.25) is 4.79 Å². The van der Waals surface area contributed by atoms with Crippen LogP contribution in [0.4, 0.5) is 0 Å². The number of rotatable bonds is 6. The molecule has 0 saturated heterocycles. The summed E-state index contributed by atoms with van der Waals surface area (Å²) >= 11 is 4.91. The monoisotopic (exact) mass is 297 g/mol. The van der Waals surface area contributed by atoms with Crippen LogP contribution in [0.3, 0.4) is 0 Å². The largest absolute Gasteiger partial charge is 0.493 e. The second-order valence-corrected chi connectivity index (χ2v) is 5.33. The van der Waals surface area contributed by atoms with Crippen LogP contribution in [-0.2, 0) is 9.53 Å². The van der Waals surface area contributed by atoms with E-state index in [1.54, 1.807) is 32.0 Å². The van der Waals surface area contributed by atoms with Crippen LogP contribution in [0.15, 0.2) is 18.2 Å². The molecular weight excluding hydrogens is 278 g/mol. The quantitative estimate of drug-likeness (QED) is 0.639. The normalized spacial score (nSPS) is 10.8. The van der Waals surface area contributed by atoms with Gasteiger partial charge < -0.3 is 19.9 Å². The molecule has 0 radical (unpaired) electrons. The Hall–Kier alpha value is -1.82. The molecule has 0 amide bonds. The predicted octanol–water partition coefficient (Wildman–Crippen LogP) is 1.91. The highest BCUT2D eigenvalue weighted by Gasteiger charge is 2.30. The van der Waals surface area contributed by atoms with Crippen molar-refractivity contribution in [3.63, 3.8) is 0 Å². The van der Waals surface area contributed by atoms with E-state index in [0.717, 1.165) is 0 Å². The summed E-state index contributed by atoms with van der Waals surface area (Å²) in [5.74, 6) is 0.691. The molecule has 0 atom stereocenters. The van der Waals surface area contributed by atoms with E-state index < -0.39 is 5.41 Å². The Kier molecular flexibility index (Phi) is 5.33. The van der Waals surface area contributed by atoms with Crippen LogP contribution >= 0.6 is 12.2 Å². The zero-order valence-electron chi connectivity index (χ0n) is 12.1. The van der Waals surface area contributed by atoms with Crippen molar-refractivity contribution in [3.8, 4) is 11.5 Å². The lowest BCUT2D eigenvalue weighted by Crippen LogP contribution is -2.32. The molecule has 0 heterocycles. The van der Waals surface area contributed by atoms with Crippen LogP contribution in [-0.4, -0.2) is 31.8 Å². The zero-order chi connectivity index (χ0) is 15.3. The lowest BCUT2D eigenvalue weighted by molar-refractivity contribution is -0.152. The van der Waals surface area contributed by atoms with Crippen molar-refractivity contribution >= 4 is 23.2 Å². The Labute approximate surface area is 124 Å². The molecule has 0 unspecified atom stereocenters. The van der Waals surface area contributed by atoms with Gasteiger partial charge in [-0.05, 0) is 32.0 Å². The molecule has 0 saturated carbocycles. The summed E-state index contributed by atoms with van der Waals surface area (Å²) in [5, 5.41) is 0. The van der Waals surface area contributed by atoms with Gasteiger partial charge in [-0.1, -0.05) is 12.2 Å². The molecular formula is C14H19NO4S. The maximum absolute atomic E-state index is 11.6. The number of thiocarbonyl (C=S) groups is 1. The van der Waals surface area contributed by atoms with Gasteiger partial charge in [-0.25, -0.2) is 0 Å². The number of benzene rings is 1. The van der Waals surface area contributed by atoms with Gasteiger partial charge in [-0.2, -0.15) is 0 Å². The summed E-state index contributed by atoms with van der Waals surface area (Å²) in [6.07, 6.45) is 0. The molecule has 6 heteroatoms. The van der Waals surface area contributed by atoms with E-state index in [9.17, 15) is 4.79 Å². The second-order valence-electron chi connectivity index (χ2n) is 4.89. The van der Waals surface area contributed by atoms with Crippen LogP contribution < -0.4 is 15.2 Å². The van der Waals surface area contributed by atoms with E-state index in [1.165, 1.54) is 14.2 Å². The first kappa shape index (κ1) is 16.2. The van der Waals surface area contributed by atoms with Gasteiger partial charge in [0.25, 0.3) is 0 Å². The van der Waals surface area contributed by atoms with Gasteiger partial charge in [0.15, 0.2) is 11.5 Å². The number of methoxy groups -OCH3 is 2. The van der Waals surface area contributed by atoms with Gasteiger partial charge in [0.05, 0.1) is 19.6 Å². The SMILES string of the molecule is COC(=O)C(C)(C)COc1ccc(C(N)=S)cc1OC. The summed E-state index contributed by atoms with van der Waals surface area (Å²) in [6, 6.07) is 5.15. The number of hydrogen-bond donors (Lipinski definition) is 1. The number of nitrogens with two attached hydrogens (primary N) is 1. The van der Waals surface area contributed by atoms with Crippen LogP contribution in [0.5, 0.6) is 11.5 Å². The topological polar surface area (TPSA) is 70.8 Å². The van der Waals surface area contributed by atoms with E-state index in [-0.39, 0.29) is 17.6 Å². The second kappa shape index (κ2) is 6.56. The number of hydrogen-bond acceptors (Lipinski definition) is 5. The first-order valence-corrected chi connectivity index (χ1v) is 6.41. The number of esters is 1. The van der Waals surface area contributed by atoms with E-state index in [4.69, 9.17) is 32.2 Å². The fraction of sp³-hybridized carbons (Fsp3) is 0.429. The van der Waals surface area contributed by atoms with Gasteiger partial charge in [0.1, 0.15) is 11.6 Å². The summed E-state index contributed by atoms with van der Waals surface area (Å²) in [7, 11) is 2.87. The van der Waals surface area contributed by atoms with Gasteiger partial charge in [0.2, 0.25) is 0 Å². The standard InChI is InChI=1S/C14H19NO4S/c1-14(2,13(16)18-4)8-19-10-6-5-9(12(15)20)7-11(10)17-3/h5-7H,8H2,1-4H3,(H2,15,20). The van der Waals surface area contributed by atoms with E-state index >= 15 is 0 Å². The zero-order valence-corrected chi connectivity index (χ0v) is 12.9. The van der Waals surface area contributed by atoms with Gasteiger partial charge in [0, 0.05) is 5.56 Å². The lowest BCUT2D eigenvalue weighted by Gasteiger charge is -2.22. The van der Waals surface area contributed by atoms with Gasteiger partial charge >= 0.3 is 5.97 Å². The molecule has 0 aliphatic carbocycles. The molecule has 1 aromatic rings. The van der Waals surface area contributed by atoms with Crippen molar-refractivity contribution in [1.29, 1.82) is 0 Å². The smallest absolute Gasteiger partial charge is 0.314 e. The third-order valence-electron chi connectivity index (χ3n) is 2.77. The molecule has 0 aromatic heterocycles. The summed E-state index contributed by atoms with van der Waals surface area (Å²) < 4.78 is 15.6. The van der Waals surface area contributed by atoms with Crippen molar-refractivity contribution < 1.29 is 19.0 Å². The van der Waals surface area contributed by atoms with E-state index in [0.29, 0.717) is 17.1 Å². The minimum Gasteiger partial charge on any atom is -0.493 e. The molecule has 5 nitrogen and oxygen atoms in total. The third-order valence-corrected chi connectivity index (χ3v) is 3.01. The molecule has 1 aromatic carbocycles. The molecule has 0 spiro atoms. The Balaban J connectivity index is 2.88. The average Bonchev–Trinajstić information content (AvgIpc) is 2.43. The average molecular weight is 297 g/mol. The molecule has 20 heavy (non-hydrogen) atoms. The molecule has 2 N–H and O–H groups in total. The van der Waals surface area contributed by atoms with Crippen molar-refractivity contribution in [3.05, 3.63) is 23.8 Å². The van der Waals surface area contributed by atoms with Crippen molar-refractivity contribution in [2.24, 2.45) is 11.1 Å². The van der Waals surface area contributed by atoms with Crippen LogP contribution in [0.2, 0.25) is 0 Å². The fourth-order valence-corrected chi connectivity index (χ4v) is 1.66. The first-order chi connectivity index (χ1) is 9.31. The van der Waals surface area contributed by atoms with Crippen molar-refractivity contribution in [2.75, 3.05) is 20.8 Å². The fourth-order valence-electron chi connectivity index (χ4n) is 1.53. The van der Waals surface area contributed by atoms with Crippen molar-refractivity contribution in [2.45, 2.75) is 13.8 Å². The summed E-state index contributed by atoms with van der Waals surface area (Å²) in [6.45, 7) is 3.66. The Morgan fingerprint density at radius 3 is 2.45 bits per heavy atom. The van der Waals surface area contributed by atoms with E-state index in [1.807, 2.05) is 0 Å². The Morgan fingerprint density at radius 1 is 1.30 bits per heavy atom.